The number of rotatable bonds is 1. The van der Waals surface area contributed by atoms with Gasteiger partial charge in [-0.25, -0.2) is 9.59 Å². The molecule has 2 N–H and O–H groups in total. The molecule has 0 saturated carbocycles. The van der Waals surface area contributed by atoms with Crippen molar-refractivity contribution in [1.29, 1.82) is 0 Å². The van der Waals surface area contributed by atoms with E-state index in [0.29, 0.717) is 5.70 Å². The second kappa shape index (κ2) is 4.98. The fourth-order valence-electron chi connectivity index (χ4n) is 3.66. The van der Waals surface area contributed by atoms with Crippen molar-refractivity contribution in [2.45, 2.75) is 31.9 Å². The summed E-state index contributed by atoms with van der Waals surface area (Å²) in [5.74, 6) is -0.742. The molecule has 0 bridgehead atoms. The third-order valence-electron chi connectivity index (χ3n) is 4.96. The fourth-order valence-corrected chi connectivity index (χ4v) is 3.66. The van der Waals surface area contributed by atoms with Gasteiger partial charge in [0.25, 0.3) is 0 Å². The molecule has 2 saturated heterocycles. The van der Waals surface area contributed by atoms with E-state index in [1.165, 1.54) is 15.9 Å². The molecule has 3 aliphatic rings. The monoisotopic (exact) mass is 310 g/mol. The van der Waals surface area contributed by atoms with Gasteiger partial charge in [0, 0.05) is 19.2 Å². The minimum atomic E-state index is -1.02. The van der Waals surface area contributed by atoms with Gasteiger partial charge in [0.05, 0.1) is 23.3 Å². The van der Waals surface area contributed by atoms with Crippen molar-refractivity contribution in [3.63, 3.8) is 0 Å². The average molecular weight is 310 g/mol. The molecule has 0 aromatic rings. The zero-order chi connectivity index (χ0) is 16.1. The van der Waals surface area contributed by atoms with Crippen LogP contribution in [0.2, 0.25) is 0 Å². The number of carboxylic acid groups (broad SMARTS) is 1. The molecule has 3 heterocycles. The molecule has 0 aromatic heterocycles. The standard InChI is InChI=1S/C14H18N2O6/c1-8-11(18)14(2-4-15(5-3-14)13(20)21)12(19)16(8)9-6-10(17)22-7-9/h6,8,11,18H,2-5,7H2,1H3,(H,20,21). The summed E-state index contributed by atoms with van der Waals surface area (Å²) >= 11 is 0. The minimum absolute atomic E-state index is 0.0268. The first kappa shape index (κ1) is 14.8. The van der Waals surface area contributed by atoms with Crippen LogP contribution in [0.4, 0.5) is 4.79 Å². The van der Waals surface area contributed by atoms with Crippen LogP contribution in [0, 0.1) is 5.41 Å². The van der Waals surface area contributed by atoms with Crippen LogP contribution in [0.3, 0.4) is 0 Å². The Morgan fingerprint density at radius 3 is 2.50 bits per heavy atom. The van der Waals surface area contributed by atoms with Crippen molar-refractivity contribution < 1.29 is 29.3 Å². The van der Waals surface area contributed by atoms with Gasteiger partial charge in [-0.05, 0) is 19.8 Å². The van der Waals surface area contributed by atoms with Gasteiger partial charge in [-0.1, -0.05) is 0 Å². The lowest BCUT2D eigenvalue weighted by Crippen LogP contribution is -2.50. The Labute approximate surface area is 126 Å². The number of aliphatic hydroxyl groups is 1. The Bertz CT molecular complexity index is 564. The number of nitrogens with zero attached hydrogens (tertiary/aromatic N) is 2. The predicted octanol–water partition coefficient (Wildman–Crippen LogP) is -0.221. The molecule has 0 aromatic carbocycles. The molecule has 0 aliphatic carbocycles. The summed E-state index contributed by atoms with van der Waals surface area (Å²) in [6.45, 7) is 2.18. The normalized spacial score (nSPS) is 30.7. The second-order valence-corrected chi connectivity index (χ2v) is 6.03. The first-order chi connectivity index (χ1) is 10.4. The number of carbonyl (C=O) groups is 3. The first-order valence-electron chi connectivity index (χ1n) is 7.24. The van der Waals surface area contributed by atoms with Gasteiger partial charge in [-0.3, -0.25) is 4.79 Å². The largest absolute Gasteiger partial charge is 0.465 e. The Morgan fingerprint density at radius 1 is 1.36 bits per heavy atom. The molecule has 8 heteroatoms. The quantitative estimate of drug-likeness (QED) is 0.648. The van der Waals surface area contributed by atoms with Crippen LogP contribution < -0.4 is 0 Å². The Morgan fingerprint density at radius 2 is 2.00 bits per heavy atom. The molecule has 2 fully saturated rings. The molecule has 2 atom stereocenters. The van der Waals surface area contributed by atoms with Crippen molar-refractivity contribution in [1.82, 2.24) is 9.80 Å². The second-order valence-electron chi connectivity index (χ2n) is 6.03. The van der Waals surface area contributed by atoms with Crippen LogP contribution in [0.1, 0.15) is 19.8 Å². The Hall–Kier alpha value is -2.09. The van der Waals surface area contributed by atoms with E-state index in [4.69, 9.17) is 9.84 Å². The number of hydrogen-bond acceptors (Lipinski definition) is 5. The van der Waals surface area contributed by atoms with Crippen molar-refractivity contribution >= 4 is 18.0 Å². The van der Waals surface area contributed by atoms with Gasteiger partial charge in [0.2, 0.25) is 5.91 Å². The summed E-state index contributed by atoms with van der Waals surface area (Å²) in [6, 6.07) is -0.468. The summed E-state index contributed by atoms with van der Waals surface area (Å²) in [5, 5.41) is 19.6. The van der Waals surface area contributed by atoms with Crippen molar-refractivity contribution in [3.8, 4) is 0 Å². The van der Waals surface area contributed by atoms with E-state index in [2.05, 4.69) is 0 Å². The number of likely N-dealkylation sites (tertiary alicyclic amines) is 2. The summed E-state index contributed by atoms with van der Waals surface area (Å²) < 4.78 is 4.84. The van der Waals surface area contributed by atoms with E-state index in [0.717, 1.165) is 0 Å². The van der Waals surface area contributed by atoms with Crippen LogP contribution in [0.15, 0.2) is 11.8 Å². The van der Waals surface area contributed by atoms with Gasteiger partial charge in [0.1, 0.15) is 6.61 Å². The lowest BCUT2D eigenvalue weighted by Gasteiger charge is -2.38. The Kier molecular flexibility index (Phi) is 3.36. The highest BCUT2D eigenvalue weighted by molar-refractivity contribution is 5.92. The number of piperidine rings is 1. The summed E-state index contributed by atoms with van der Waals surface area (Å²) in [4.78, 5) is 37.8. The summed E-state index contributed by atoms with van der Waals surface area (Å²) in [7, 11) is 0. The molecule has 0 radical (unpaired) electrons. The van der Waals surface area contributed by atoms with E-state index < -0.39 is 29.6 Å². The van der Waals surface area contributed by atoms with Crippen LogP contribution in [-0.4, -0.2) is 69.8 Å². The van der Waals surface area contributed by atoms with E-state index in [1.54, 1.807) is 6.92 Å². The highest BCUT2D eigenvalue weighted by Gasteiger charge is 2.59. The molecular formula is C14H18N2O6. The van der Waals surface area contributed by atoms with Crippen molar-refractivity contribution in [3.05, 3.63) is 11.8 Å². The van der Waals surface area contributed by atoms with E-state index in [1.807, 2.05) is 0 Å². The number of hydrogen-bond donors (Lipinski definition) is 2. The first-order valence-corrected chi connectivity index (χ1v) is 7.24. The number of cyclic esters (lactones) is 1. The van der Waals surface area contributed by atoms with E-state index in [9.17, 15) is 19.5 Å². The highest BCUT2D eigenvalue weighted by atomic mass is 16.5. The zero-order valence-corrected chi connectivity index (χ0v) is 12.2. The van der Waals surface area contributed by atoms with E-state index in [-0.39, 0.29) is 38.4 Å². The number of aliphatic hydroxyl groups excluding tert-OH is 1. The van der Waals surface area contributed by atoms with Gasteiger partial charge in [-0.15, -0.1) is 0 Å². The summed E-state index contributed by atoms with van der Waals surface area (Å²) in [6.07, 6.45) is -0.0820. The highest BCUT2D eigenvalue weighted by Crippen LogP contribution is 2.46. The van der Waals surface area contributed by atoms with Crippen LogP contribution in [0.5, 0.6) is 0 Å². The van der Waals surface area contributed by atoms with Crippen LogP contribution >= 0.6 is 0 Å². The molecule has 120 valence electrons. The predicted molar refractivity (Wildman–Crippen MR) is 72.6 cm³/mol. The number of esters is 1. The maximum Gasteiger partial charge on any atom is 0.407 e. The summed E-state index contributed by atoms with van der Waals surface area (Å²) in [5.41, 5.74) is -0.517. The average Bonchev–Trinajstić information content (AvgIpc) is 2.98. The third-order valence-corrected chi connectivity index (χ3v) is 4.96. The molecular weight excluding hydrogens is 292 g/mol. The number of amides is 2. The minimum Gasteiger partial charge on any atom is -0.465 e. The molecule has 3 rings (SSSR count). The topological polar surface area (TPSA) is 107 Å². The van der Waals surface area contributed by atoms with Crippen molar-refractivity contribution in [2.75, 3.05) is 19.7 Å². The molecule has 2 unspecified atom stereocenters. The van der Waals surface area contributed by atoms with Crippen LogP contribution in [-0.2, 0) is 14.3 Å². The third kappa shape index (κ3) is 1.98. The fraction of sp³-hybridized carbons (Fsp3) is 0.643. The van der Waals surface area contributed by atoms with Gasteiger partial charge < -0.3 is 24.7 Å². The lowest BCUT2D eigenvalue weighted by atomic mass is 9.74. The smallest absolute Gasteiger partial charge is 0.407 e. The molecule has 1 spiro atoms. The van der Waals surface area contributed by atoms with Gasteiger partial charge in [-0.2, -0.15) is 0 Å². The maximum atomic E-state index is 12.9. The number of carbonyl (C=O) groups excluding carboxylic acids is 2. The van der Waals surface area contributed by atoms with Gasteiger partial charge >= 0.3 is 12.1 Å². The molecule has 8 nitrogen and oxygen atoms in total. The van der Waals surface area contributed by atoms with Crippen LogP contribution in [0.25, 0.3) is 0 Å². The lowest BCUT2D eigenvalue weighted by molar-refractivity contribution is -0.140. The van der Waals surface area contributed by atoms with E-state index >= 15 is 0 Å². The molecule has 22 heavy (non-hydrogen) atoms. The molecule has 2 amide bonds. The van der Waals surface area contributed by atoms with Crippen molar-refractivity contribution in [2.24, 2.45) is 5.41 Å². The number of ether oxygens (including phenoxy) is 1. The SMILES string of the molecule is CC1C(O)C2(CCN(C(=O)O)CC2)C(=O)N1C1=CC(=O)OC1. The van der Waals surface area contributed by atoms with Gasteiger partial charge in [0.15, 0.2) is 0 Å². The Balaban J connectivity index is 1.85. The zero-order valence-electron chi connectivity index (χ0n) is 12.2. The maximum absolute atomic E-state index is 12.9. The molecule has 3 aliphatic heterocycles.